The summed E-state index contributed by atoms with van der Waals surface area (Å²) in [6.07, 6.45) is 3.23. The Labute approximate surface area is 228 Å². The first-order valence-corrected chi connectivity index (χ1v) is 12.3. The van der Waals surface area contributed by atoms with Crippen molar-refractivity contribution in [3.63, 3.8) is 0 Å². The molecule has 2 aromatic heterocycles. The number of hydroxylamine groups is 1. The average molecular weight is 559 g/mol. The van der Waals surface area contributed by atoms with Crippen LogP contribution in [0, 0.1) is 0 Å². The molecule has 13 heteroatoms. The zero-order valence-corrected chi connectivity index (χ0v) is 21.7. The lowest BCUT2D eigenvalue weighted by Gasteiger charge is -2.31. The fraction of sp³-hybridized carbons (Fsp3) is 0.240. The van der Waals surface area contributed by atoms with E-state index in [-0.39, 0.29) is 29.9 Å². The van der Waals surface area contributed by atoms with Gasteiger partial charge in [0.15, 0.2) is 0 Å². The standard InChI is InChI=1S/C25H24Cl2N6O5/c1-15(22(34)32-37)33-11-8-25(23(33)35,31-24(36)29-18-6-9-28-10-7-18)17-2-4-19(5-3-17)38-14-16-12-20(26)30-21(27)13-16/h2-7,9-10,12-13,15,37H,8,11,14H2,1H3,(H,32,34)(H2,28,29,31,36). The van der Waals surface area contributed by atoms with E-state index < -0.39 is 29.4 Å². The summed E-state index contributed by atoms with van der Waals surface area (Å²) in [5.41, 5.74) is 1.81. The molecule has 1 saturated heterocycles. The van der Waals surface area contributed by atoms with Gasteiger partial charge in [0.05, 0.1) is 0 Å². The molecule has 4 amide bonds. The number of ether oxygens (including phenoxy) is 1. The van der Waals surface area contributed by atoms with E-state index in [1.54, 1.807) is 54.0 Å². The molecule has 2 atom stereocenters. The lowest BCUT2D eigenvalue weighted by Crippen LogP contribution is -2.55. The molecular weight excluding hydrogens is 535 g/mol. The van der Waals surface area contributed by atoms with Gasteiger partial charge in [-0.05, 0) is 54.4 Å². The summed E-state index contributed by atoms with van der Waals surface area (Å²) in [7, 11) is 0. The molecule has 198 valence electrons. The van der Waals surface area contributed by atoms with Crippen LogP contribution in [0.15, 0.2) is 60.9 Å². The van der Waals surface area contributed by atoms with Gasteiger partial charge in [-0.3, -0.25) is 19.8 Å². The number of likely N-dealkylation sites (tertiary alicyclic amines) is 1. The predicted octanol–water partition coefficient (Wildman–Crippen LogP) is 3.51. The Bertz CT molecular complexity index is 1310. The maximum atomic E-state index is 13.7. The van der Waals surface area contributed by atoms with E-state index in [4.69, 9.17) is 33.1 Å². The molecular formula is C25H24Cl2N6O5. The van der Waals surface area contributed by atoms with Crippen LogP contribution in [-0.2, 0) is 21.7 Å². The minimum absolute atomic E-state index is 0.171. The minimum atomic E-state index is -1.47. The number of amides is 4. The summed E-state index contributed by atoms with van der Waals surface area (Å²) in [4.78, 5) is 47.8. The Hall–Kier alpha value is -3.93. The molecule has 1 aliphatic rings. The highest BCUT2D eigenvalue weighted by Gasteiger charge is 2.51. The van der Waals surface area contributed by atoms with E-state index in [1.807, 2.05) is 0 Å². The van der Waals surface area contributed by atoms with Gasteiger partial charge in [-0.15, -0.1) is 0 Å². The third-order valence-corrected chi connectivity index (χ3v) is 6.54. The zero-order chi connectivity index (χ0) is 27.3. The second-order valence-corrected chi connectivity index (χ2v) is 9.33. The topological polar surface area (TPSA) is 146 Å². The van der Waals surface area contributed by atoms with Crippen molar-refractivity contribution >= 4 is 46.7 Å². The zero-order valence-electron chi connectivity index (χ0n) is 20.1. The van der Waals surface area contributed by atoms with E-state index in [0.29, 0.717) is 17.0 Å². The molecule has 0 aliphatic carbocycles. The van der Waals surface area contributed by atoms with Crippen molar-refractivity contribution in [3.05, 3.63) is 82.4 Å². The van der Waals surface area contributed by atoms with Crippen LogP contribution in [0.3, 0.4) is 0 Å². The number of pyridine rings is 2. The van der Waals surface area contributed by atoms with Gasteiger partial charge in [0.2, 0.25) is 0 Å². The molecule has 0 radical (unpaired) electrons. The molecule has 4 rings (SSSR count). The Balaban J connectivity index is 1.57. The molecule has 38 heavy (non-hydrogen) atoms. The van der Waals surface area contributed by atoms with E-state index in [1.165, 1.54) is 24.2 Å². The average Bonchev–Trinajstić information content (AvgIpc) is 3.23. The number of hydrogen-bond donors (Lipinski definition) is 4. The minimum Gasteiger partial charge on any atom is -0.489 e. The molecule has 3 heterocycles. The van der Waals surface area contributed by atoms with Crippen LogP contribution in [0.2, 0.25) is 10.3 Å². The maximum Gasteiger partial charge on any atom is 0.320 e. The number of halogens is 2. The molecule has 3 aromatic rings. The number of rotatable bonds is 8. The van der Waals surface area contributed by atoms with Gasteiger partial charge in [0.25, 0.3) is 11.8 Å². The fourth-order valence-electron chi connectivity index (χ4n) is 4.19. The van der Waals surface area contributed by atoms with Gasteiger partial charge in [0, 0.05) is 31.0 Å². The molecule has 4 N–H and O–H groups in total. The van der Waals surface area contributed by atoms with E-state index in [2.05, 4.69) is 20.6 Å². The lowest BCUT2D eigenvalue weighted by molar-refractivity contribution is -0.143. The van der Waals surface area contributed by atoms with Crippen LogP contribution in [-0.4, -0.2) is 50.5 Å². The second-order valence-electron chi connectivity index (χ2n) is 8.55. The quantitative estimate of drug-likeness (QED) is 0.188. The van der Waals surface area contributed by atoms with Crippen molar-refractivity contribution in [2.24, 2.45) is 0 Å². The number of aromatic nitrogens is 2. The van der Waals surface area contributed by atoms with Gasteiger partial charge >= 0.3 is 6.03 Å². The SMILES string of the molecule is CC(C(=O)NO)N1CCC(NC(=O)Nc2ccncc2)(c2ccc(OCc3cc(Cl)nc(Cl)c3)cc2)C1=O. The van der Waals surface area contributed by atoms with Crippen LogP contribution in [0.4, 0.5) is 10.5 Å². The van der Waals surface area contributed by atoms with Gasteiger partial charge in [-0.1, -0.05) is 35.3 Å². The van der Waals surface area contributed by atoms with Crippen LogP contribution < -0.4 is 20.9 Å². The molecule has 2 unspecified atom stereocenters. The molecule has 1 fully saturated rings. The molecule has 1 aromatic carbocycles. The van der Waals surface area contributed by atoms with E-state index >= 15 is 0 Å². The van der Waals surface area contributed by atoms with Gasteiger partial charge in [-0.25, -0.2) is 15.3 Å². The lowest BCUT2D eigenvalue weighted by atomic mass is 9.88. The number of urea groups is 1. The third-order valence-electron chi connectivity index (χ3n) is 6.15. The summed E-state index contributed by atoms with van der Waals surface area (Å²) in [6, 6.07) is 11.6. The van der Waals surface area contributed by atoms with Crippen LogP contribution >= 0.6 is 23.2 Å². The highest BCUT2D eigenvalue weighted by molar-refractivity contribution is 6.32. The summed E-state index contributed by atoms with van der Waals surface area (Å²) in [6.45, 7) is 1.84. The highest BCUT2D eigenvalue weighted by atomic mass is 35.5. The van der Waals surface area contributed by atoms with E-state index in [0.717, 1.165) is 5.56 Å². The van der Waals surface area contributed by atoms with Crippen LogP contribution in [0.25, 0.3) is 0 Å². The number of nitrogens with zero attached hydrogens (tertiary/aromatic N) is 3. The fourth-order valence-corrected chi connectivity index (χ4v) is 4.70. The van der Waals surface area contributed by atoms with E-state index in [9.17, 15) is 14.4 Å². The Morgan fingerprint density at radius 3 is 2.42 bits per heavy atom. The highest BCUT2D eigenvalue weighted by Crippen LogP contribution is 2.36. The summed E-state index contributed by atoms with van der Waals surface area (Å²) in [5.74, 6) is -0.729. The van der Waals surface area contributed by atoms with Crippen molar-refractivity contribution in [2.75, 3.05) is 11.9 Å². The monoisotopic (exact) mass is 558 g/mol. The molecule has 11 nitrogen and oxygen atoms in total. The molecule has 0 spiro atoms. The Morgan fingerprint density at radius 2 is 1.79 bits per heavy atom. The molecule has 0 saturated carbocycles. The number of anilines is 1. The Morgan fingerprint density at radius 1 is 1.13 bits per heavy atom. The van der Waals surface area contributed by atoms with Gasteiger partial charge in [0.1, 0.15) is 34.2 Å². The summed E-state index contributed by atoms with van der Waals surface area (Å²) < 4.78 is 5.82. The normalized spacial score (nSPS) is 17.6. The van der Waals surface area contributed by atoms with Crippen molar-refractivity contribution in [1.29, 1.82) is 0 Å². The van der Waals surface area contributed by atoms with Gasteiger partial charge in [-0.2, -0.15) is 0 Å². The number of hydrogen-bond acceptors (Lipinski definition) is 7. The third kappa shape index (κ3) is 5.96. The van der Waals surface area contributed by atoms with Crippen LogP contribution in [0.5, 0.6) is 5.75 Å². The first-order valence-electron chi connectivity index (χ1n) is 11.5. The number of carbonyl (C=O) groups excluding carboxylic acids is 3. The first-order chi connectivity index (χ1) is 18.2. The van der Waals surface area contributed by atoms with Crippen molar-refractivity contribution in [3.8, 4) is 5.75 Å². The summed E-state index contributed by atoms with van der Waals surface area (Å²) >= 11 is 11.9. The van der Waals surface area contributed by atoms with Crippen molar-refractivity contribution in [1.82, 2.24) is 25.7 Å². The van der Waals surface area contributed by atoms with Crippen LogP contribution in [0.1, 0.15) is 24.5 Å². The van der Waals surface area contributed by atoms with Gasteiger partial charge < -0.3 is 20.3 Å². The number of nitrogens with one attached hydrogen (secondary N) is 3. The molecule has 1 aliphatic heterocycles. The maximum absolute atomic E-state index is 13.7. The first kappa shape index (κ1) is 27.1. The molecule has 0 bridgehead atoms. The van der Waals surface area contributed by atoms with Crippen molar-refractivity contribution in [2.45, 2.75) is 31.5 Å². The largest absolute Gasteiger partial charge is 0.489 e. The Kier molecular flexibility index (Phi) is 8.30. The summed E-state index contributed by atoms with van der Waals surface area (Å²) in [5, 5.41) is 15.0. The second kappa shape index (κ2) is 11.6. The number of benzene rings is 1. The number of carbonyl (C=O) groups is 3. The predicted molar refractivity (Wildman–Crippen MR) is 139 cm³/mol. The smallest absolute Gasteiger partial charge is 0.320 e. The van der Waals surface area contributed by atoms with Crippen molar-refractivity contribution < 1.29 is 24.3 Å².